The first-order valence-electron chi connectivity index (χ1n) is 6.61. The van der Waals surface area contributed by atoms with Gasteiger partial charge in [-0.15, -0.1) is 0 Å². The van der Waals surface area contributed by atoms with Crippen LogP contribution in [-0.2, 0) is 6.54 Å². The van der Waals surface area contributed by atoms with Gasteiger partial charge >= 0.3 is 5.97 Å². The van der Waals surface area contributed by atoms with Gasteiger partial charge in [0.05, 0.1) is 12.3 Å². The first-order chi connectivity index (χ1) is 9.56. The van der Waals surface area contributed by atoms with Gasteiger partial charge in [0.2, 0.25) is 0 Å². The smallest absolute Gasteiger partial charge is 0.356 e. The Bertz CT molecular complexity index is 632. The summed E-state index contributed by atoms with van der Waals surface area (Å²) in [6.45, 7) is 7.09. The van der Waals surface area contributed by atoms with Crippen LogP contribution in [-0.4, -0.2) is 27.5 Å². The van der Waals surface area contributed by atoms with Crippen LogP contribution < -0.4 is 4.74 Å². The molecule has 5 heteroatoms. The van der Waals surface area contributed by atoms with Gasteiger partial charge in [0.1, 0.15) is 5.75 Å². The van der Waals surface area contributed by atoms with Crippen molar-refractivity contribution in [1.29, 1.82) is 0 Å². The second kappa shape index (κ2) is 5.77. The third-order valence-electron chi connectivity index (χ3n) is 3.07. The largest absolute Gasteiger partial charge is 0.494 e. The molecular formula is C15H18N2O3. The highest BCUT2D eigenvalue weighted by molar-refractivity contribution is 5.87. The summed E-state index contributed by atoms with van der Waals surface area (Å²) >= 11 is 0. The molecule has 1 aromatic carbocycles. The normalized spacial score (nSPS) is 10.6. The number of carboxylic acids is 1. The minimum atomic E-state index is -1.01. The van der Waals surface area contributed by atoms with Crippen LogP contribution in [0.4, 0.5) is 0 Å². The summed E-state index contributed by atoms with van der Waals surface area (Å²) in [6.07, 6.45) is 0. The number of hydrogen-bond acceptors (Lipinski definition) is 3. The monoisotopic (exact) mass is 274 g/mol. The van der Waals surface area contributed by atoms with Crippen molar-refractivity contribution in [2.24, 2.45) is 0 Å². The lowest BCUT2D eigenvalue weighted by atomic mass is 10.1. The molecule has 0 saturated heterocycles. The van der Waals surface area contributed by atoms with E-state index in [1.54, 1.807) is 10.7 Å². The van der Waals surface area contributed by atoms with Crippen LogP contribution >= 0.6 is 0 Å². The van der Waals surface area contributed by atoms with Gasteiger partial charge in [-0.3, -0.25) is 4.68 Å². The number of aryl methyl sites for hydroxylation is 2. The molecule has 0 aliphatic rings. The van der Waals surface area contributed by atoms with Gasteiger partial charge in [0, 0.05) is 12.1 Å². The van der Waals surface area contributed by atoms with E-state index in [4.69, 9.17) is 9.84 Å². The molecule has 2 aromatic rings. The van der Waals surface area contributed by atoms with Crippen LogP contribution in [0.15, 0.2) is 24.3 Å². The quantitative estimate of drug-likeness (QED) is 0.910. The van der Waals surface area contributed by atoms with Crippen molar-refractivity contribution in [2.75, 3.05) is 6.61 Å². The van der Waals surface area contributed by atoms with E-state index in [9.17, 15) is 4.79 Å². The number of rotatable bonds is 5. The summed E-state index contributed by atoms with van der Waals surface area (Å²) in [4.78, 5) is 11.0. The third kappa shape index (κ3) is 2.66. The van der Waals surface area contributed by atoms with E-state index in [1.807, 2.05) is 39.0 Å². The first kappa shape index (κ1) is 14.1. The average molecular weight is 274 g/mol. The van der Waals surface area contributed by atoms with Crippen LogP contribution in [0.3, 0.4) is 0 Å². The molecule has 1 N–H and O–H groups in total. The maximum absolute atomic E-state index is 11.0. The Hall–Kier alpha value is -2.30. The first-order valence-corrected chi connectivity index (χ1v) is 6.61. The van der Waals surface area contributed by atoms with E-state index in [1.165, 1.54) is 0 Å². The lowest BCUT2D eigenvalue weighted by Crippen LogP contribution is -2.02. The van der Waals surface area contributed by atoms with Crippen LogP contribution in [0.25, 0.3) is 11.3 Å². The SMILES string of the molecule is CCOc1ccc(-c2cc(C(=O)O)nn2CC)cc1C. The molecule has 106 valence electrons. The van der Waals surface area contributed by atoms with Crippen molar-refractivity contribution < 1.29 is 14.6 Å². The molecule has 1 heterocycles. The lowest BCUT2D eigenvalue weighted by Gasteiger charge is -2.10. The zero-order valence-electron chi connectivity index (χ0n) is 11.9. The maximum Gasteiger partial charge on any atom is 0.356 e. The topological polar surface area (TPSA) is 64.3 Å². The minimum absolute atomic E-state index is 0.0633. The number of ether oxygens (including phenoxy) is 1. The summed E-state index contributed by atoms with van der Waals surface area (Å²) in [7, 11) is 0. The van der Waals surface area contributed by atoms with E-state index in [-0.39, 0.29) is 5.69 Å². The van der Waals surface area contributed by atoms with Gasteiger partial charge in [-0.1, -0.05) is 0 Å². The van der Waals surface area contributed by atoms with E-state index >= 15 is 0 Å². The summed E-state index contributed by atoms with van der Waals surface area (Å²) in [5.74, 6) is -0.168. The highest BCUT2D eigenvalue weighted by Crippen LogP contribution is 2.27. The molecule has 0 radical (unpaired) electrons. The molecule has 0 bridgehead atoms. The Morgan fingerprint density at radius 2 is 2.10 bits per heavy atom. The van der Waals surface area contributed by atoms with Gasteiger partial charge in [-0.05, 0) is 50.6 Å². The van der Waals surface area contributed by atoms with Gasteiger partial charge in [-0.2, -0.15) is 5.10 Å². The van der Waals surface area contributed by atoms with E-state index in [0.717, 1.165) is 22.6 Å². The molecule has 0 saturated carbocycles. The molecule has 1 aromatic heterocycles. The number of hydrogen-bond donors (Lipinski definition) is 1. The Morgan fingerprint density at radius 3 is 2.65 bits per heavy atom. The molecule has 2 rings (SSSR count). The molecule has 0 fully saturated rings. The zero-order chi connectivity index (χ0) is 14.7. The third-order valence-corrected chi connectivity index (χ3v) is 3.07. The van der Waals surface area contributed by atoms with Crippen LogP contribution in [0.5, 0.6) is 5.75 Å². The Labute approximate surface area is 117 Å². The van der Waals surface area contributed by atoms with E-state index in [0.29, 0.717) is 13.2 Å². The fraction of sp³-hybridized carbons (Fsp3) is 0.333. The fourth-order valence-corrected chi connectivity index (χ4v) is 2.12. The van der Waals surface area contributed by atoms with Gasteiger partial charge in [0.15, 0.2) is 5.69 Å². The standard InChI is InChI=1S/C15H18N2O3/c1-4-17-13(9-12(16-17)15(18)19)11-6-7-14(20-5-2)10(3)8-11/h6-9H,4-5H2,1-3H3,(H,18,19). The molecule has 0 aliphatic carbocycles. The Morgan fingerprint density at radius 1 is 1.35 bits per heavy atom. The fourth-order valence-electron chi connectivity index (χ4n) is 2.12. The van der Waals surface area contributed by atoms with Crippen molar-refractivity contribution in [3.05, 3.63) is 35.5 Å². The number of aromatic carboxylic acids is 1. The Balaban J connectivity index is 2.45. The lowest BCUT2D eigenvalue weighted by molar-refractivity contribution is 0.0689. The summed E-state index contributed by atoms with van der Waals surface area (Å²) in [6, 6.07) is 7.41. The molecule has 0 unspecified atom stereocenters. The highest BCUT2D eigenvalue weighted by Gasteiger charge is 2.14. The summed E-state index contributed by atoms with van der Waals surface area (Å²) < 4.78 is 7.20. The summed E-state index contributed by atoms with van der Waals surface area (Å²) in [5, 5.41) is 13.1. The predicted octanol–water partition coefficient (Wildman–Crippen LogP) is 2.98. The molecule has 0 amide bonds. The van der Waals surface area contributed by atoms with Crippen molar-refractivity contribution in [2.45, 2.75) is 27.3 Å². The molecule has 0 spiro atoms. The van der Waals surface area contributed by atoms with Crippen molar-refractivity contribution in [3.8, 4) is 17.0 Å². The average Bonchev–Trinajstić information content (AvgIpc) is 2.85. The number of benzene rings is 1. The molecule has 5 nitrogen and oxygen atoms in total. The predicted molar refractivity (Wildman–Crippen MR) is 76.2 cm³/mol. The minimum Gasteiger partial charge on any atom is -0.494 e. The number of aromatic nitrogens is 2. The molecule has 0 atom stereocenters. The number of carboxylic acid groups (broad SMARTS) is 1. The zero-order valence-corrected chi connectivity index (χ0v) is 11.9. The van der Waals surface area contributed by atoms with E-state index < -0.39 is 5.97 Å². The number of nitrogens with zero attached hydrogens (tertiary/aromatic N) is 2. The molecular weight excluding hydrogens is 256 g/mol. The van der Waals surface area contributed by atoms with Gasteiger partial charge in [-0.25, -0.2) is 4.79 Å². The molecule has 0 aliphatic heterocycles. The number of carbonyl (C=O) groups is 1. The highest BCUT2D eigenvalue weighted by atomic mass is 16.5. The second-order valence-corrected chi connectivity index (χ2v) is 4.45. The van der Waals surface area contributed by atoms with Crippen molar-refractivity contribution >= 4 is 5.97 Å². The molecule has 20 heavy (non-hydrogen) atoms. The van der Waals surface area contributed by atoms with Gasteiger partial charge < -0.3 is 9.84 Å². The second-order valence-electron chi connectivity index (χ2n) is 4.45. The van der Waals surface area contributed by atoms with E-state index in [2.05, 4.69) is 5.10 Å². The van der Waals surface area contributed by atoms with Crippen LogP contribution in [0.1, 0.15) is 29.9 Å². The van der Waals surface area contributed by atoms with Crippen molar-refractivity contribution in [1.82, 2.24) is 9.78 Å². The maximum atomic E-state index is 11.0. The van der Waals surface area contributed by atoms with Crippen molar-refractivity contribution in [3.63, 3.8) is 0 Å². The van der Waals surface area contributed by atoms with Gasteiger partial charge in [0.25, 0.3) is 0 Å². The summed E-state index contributed by atoms with van der Waals surface area (Å²) in [5.41, 5.74) is 2.82. The van der Waals surface area contributed by atoms with Crippen LogP contribution in [0.2, 0.25) is 0 Å². The van der Waals surface area contributed by atoms with Crippen LogP contribution in [0, 0.1) is 6.92 Å². The Kier molecular flexibility index (Phi) is 4.08.